The van der Waals surface area contributed by atoms with Crippen LogP contribution in [0.4, 0.5) is 0 Å². The second-order valence-electron chi connectivity index (χ2n) is 6.83. The third kappa shape index (κ3) is 2.26. The van der Waals surface area contributed by atoms with Crippen molar-refractivity contribution in [1.29, 1.82) is 0 Å². The zero-order valence-corrected chi connectivity index (χ0v) is 11.0. The van der Waals surface area contributed by atoms with E-state index in [1.54, 1.807) is 0 Å². The Morgan fingerprint density at radius 2 is 1.53 bits per heavy atom. The first kappa shape index (κ1) is 12.0. The first-order chi connectivity index (χ1) is 8.23. The van der Waals surface area contributed by atoms with Crippen LogP contribution in [0.1, 0.15) is 70.6 Å². The summed E-state index contributed by atoms with van der Waals surface area (Å²) < 4.78 is 0. The fourth-order valence-electron chi connectivity index (χ4n) is 4.39. The number of hydrogen-bond acceptors (Lipinski definition) is 2. The molecule has 1 spiro atoms. The average Bonchev–Trinajstić information content (AvgIpc) is 2.76. The summed E-state index contributed by atoms with van der Waals surface area (Å²) in [5.74, 6) is 0. The van der Waals surface area contributed by atoms with Gasteiger partial charge in [0, 0.05) is 12.6 Å². The van der Waals surface area contributed by atoms with E-state index in [1.165, 1.54) is 57.8 Å². The van der Waals surface area contributed by atoms with Crippen LogP contribution in [0.25, 0.3) is 0 Å². The van der Waals surface area contributed by atoms with Crippen LogP contribution in [-0.4, -0.2) is 23.3 Å². The van der Waals surface area contributed by atoms with Gasteiger partial charge in [-0.15, -0.1) is 0 Å². The highest BCUT2D eigenvalue weighted by Gasteiger charge is 2.47. The topological polar surface area (TPSA) is 32.3 Å². The second kappa shape index (κ2) is 4.55. The quantitative estimate of drug-likeness (QED) is 0.791. The van der Waals surface area contributed by atoms with Gasteiger partial charge in [0.2, 0.25) is 0 Å². The van der Waals surface area contributed by atoms with Crippen molar-refractivity contribution >= 4 is 0 Å². The van der Waals surface area contributed by atoms with Crippen LogP contribution in [0.15, 0.2) is 0 Å². The fraction of sp³-hybridized carbons (Fsp3) is 1.00. The van der Waals surface area contributed by atoms with Gasteiger partial charge >= 0.3 is 0 Å². The number of aliphatic hydroxyl groups is 1. The van der Waals surface area contributed by atoms with Gasteiger partial charge in [0.25, 0.3) is 0 Å². The van der Waals surface area contributed by atoms with Crippen LogP contribution in [0.5, 0.6) is 0 Å². The second-order valence-corrected chi connectivity index (χ2v) is 6.83. The molecular weight excluding hydrogens is 210 g/mol. The van der Waals surface area contributed by atoms with Gasteiger partial charge < -0.3 is 10.4 Å². The maximum Gasteiger partial charge on any atom is 0.0771 e. The molecule has 0 radical (unpaired) electrons. The first-order valence-electron chi connectivity index (χ1n) is 7.68. The van der Waals surface area contributed by atoms with Gasteiger partial charge in [-0.3, -0.25) is 0 Å². The third-order valence-corrected chi connectivity index (χ3v) is 5.73. The molecular formula is C15H27NO. The molecule has 98 valence electrons. The number of hydrogen-bond donors (Lipinski definition) is 2. The monoisotopic (exact) mass is 237 g/mol. The van der Waals surface area contributed by atoms with Crippen molar-refractivity contribution in [2.24, 2.45) is 5.41 Å². The zero-order valence-electron chi connectivity index (χ0n) is 11.0. The highest BCUT2D eigenvalue weighted by Crippen LogP contribution is 2.51. The highest BCUT2D eigenvalue weighted by molar-refractivity contribution is 5.02. The lowest BCUT2D eigenvalue weighted by atomic mass is 9.57. The Morgan fingerprint density at radius 1 is 0.882 bits per heavy atom. The minimum absolute atomic E-state index is 0.370. The molecule has 0 aromatic rings. The summed E-state index contributed by atoms with van der Waals surface area (Å²) in [6.07, 6.45) is 14.4. The predicted molar refractivity (Wildman–Crippen MR) is 70.0 cm³/mol. The molecule has 2 nitrogen and oxygen atoms in total. The SMILES string of the molecule is OC1(CNC2CCC23CCCCC3)CCCC1. The normalized spacial score (nSPS) is 34.8. The van der Waals surface area contributed by atoms with Gasteiger partial charge in [-0.1, -0.05) is 32.1 Å². The van der Waals surface area contributed by atoms with Crippen LogP contribution < -0.4 is 5.32 Å². The Balaban J connectivity index is 1.52. The predicted octanol–water partition coefficient (Wildman–Crippen LogP) is 2.99. The molecule has 1 unspecified atom stereocenters. The third-order valence-electron chi connectivity index (χ3n) is 5.73. The Morgan fingerprint density at radius 3 is 2.12 bits per heavy atom. The summed E-state index contributed by atoms with van der Waals surface area (Å²) in [5, 5.41) is 14.1. The molecule has 1 atom stereocenters. The molecule has 3 saturated carbocycles. The molecule has 3 rings (SSSR count). The van der Waals surface area contributed by atoms with E-state index in [0.29, 0.717) is 11.5 Å². The van der Waals surface area contributed by atoms with Gasteiger partial charge in [0.15, 0.2) is 0 Å². The minimum Gasteiger partial charge on any atom is -0.389 e. The smallest absolute Gasteiger partial charge is 0.0771 e. The maximum absolute atomic E-state index is 10.4. The first-order valence-corrected chi connectivity index (χ1v) is 7.68. The zero-order chi connectivity index (χ0) is 11.8. The van der Waals surface area contributed by atoms with Crippen molar-refractivity contribution in [3.8, 4) is 0 Å². The van der Waals surface area contributed by atoms with Crippen molar-refractivity contribution in [1.82, 2.24) is 5.32 Å². The van der Waals surface area contributed by atoms with Crippen molar-refractivity contribution in [2.75, 3.05) is 6.54 Å². The van der Waals surface area contributed by atoms with Crippen molar-refractivity contribution in [2.45, 2.75) is 82.3 Å². The van der Waals surface area contributed by atoms with Crippen LogP contribution in [0.2, 0.25) is 0 Å². The van der Waals surface area contributed by atoms with Gasteiger partial charge in [0.1, 0.15) is 0 Å². The van der Waals surface area contributed by atoms with Gasteiger partial charge in [-0.05, 0) is 43.9 Å². The lowest BCUT2D eigenvalue weighted by Gasteiger charge is -2.53. The Bertz CT molecular complexity index is 264. The summed E-state index contributed by atoms with van der Waals surface area (Å²) in [4.78, 5) is 0. The van der Waals surface area contributed by atoms with Crippen LogP contribution >= 0.6 is 0 Å². The lowest BCUT2D eigenvalue weighted by molar-refractivity contribution is -0.00617. The molecule has 0 heterocycles. The van der Waals surface area contributed by atoms with E-state index < -0.39 is 0 Å². The molecule has 0 bridgehead atoms. The van der Waals surface area contributed by atoms with Crippen molar-refractivity contribution in [3.63, 3.8) is 0 Å². The Hall–Kier alpha value is -0.0800. The highest BCUT2D eigenvalue weighted by atomic mass is 16.3. The molecule has 0 aromatic carbocycles. The van der Waals surface area contributed by atoms with E-state index in [4.69, 9.17) is 0 Å². The Labute approximate surface area is 105 Å². The van der Waals surface area contributed by atoms with E-state index >= 15 is 0 Å². The van der Waals surface area contributed by atoms with Crippen LogP contribution in [-0.2, 0) is 0 Å². The summed E-state index contributed by atoms with van der Waals surface area (Å²) >= 11 is 0. The maximum atomic E-state index is 10.4. The van der Waals surface area contributed by atoms with Gasteiger partial charge in [-0.25, -0.2) is 0 Å². The molecule has 0 aliphatic heterocycles. The summed E-state index contributed by atoms with van der Waals surface area (Å²) in [5.41, 5.74) is 0.263. The van der Waals surface area contributed by atoms with Crippen molar-refractivity contribution < 1.29 is 5.11 Å². The molecule has 17 heavy (non-hydrogen) atoms. The van der Waals surface area contributed by atoms with E-state index in [-0.39, 0.29) is 5.60 Å². The van der Waals surface area contributed by atoms with Crippen LogP contribution in [0.3, 0.4) is 0 Å². The molecule has 0 amide bonds. The Kier molecular flexibility index (Phi) is 3.20. The standard InChI is InChI=1S/C15H27NO/c17-15(9-4-5-10-15)12-16-13-6-11-14(13)7-2-1-3-8-14/h13,16-17H,1-12H2. The van der Waals surface area contributed by atoms with E-state index in [2.05, 4.69) is 5.32 Å². The number of rotatable bonds is 3. The largest absolute Gasteiger partial charge is 0.389 e. The van der Waals surface area contributed by atoms with Crippen LogP contribution in [0, 0.1) is 5.41 Å². The molecule has 3 aliphatic carbocycles. The van der Waals surface area contributed by atoms with Gasteiger partial charge in [0.05, 0.1) is 5.60 Å². The molecule has 0 aromatic heterocycles. The average molecular weight is 237 g/mol. The summed E-state index contributed by atoms with van der Waals surface area (Å²) in [7, 11) is 0. The molecule has 2 heteroatoms. The fourth-order valence-corrected chi connectivity index (χ4v) is 4.39. The van der Waals surface area contributed by atoms with E-state index in [1.807, 2.05) is 0 Å². The van der Waals surface area contributed by atoms with Gasteiger partial charge in [-0.2, -0.15) is 0 Å². The molecule has 0 saturated heterocycles. The molecule has 2 N–H and O–H groups in total. The lowest BCUT2D eigenvalue weighted by Crippen LogP contribution is -2.57. The van der Waals surface area contributed by atoms with E-state index in [9.17, 15) is 5.11 Å². The summed E-state index contributed by atoms with van der Waals surface area (Å²) in [6.45, 7) is 0.847. The molecule has 3 aliphatic rings. The summed E-state index contributed by atoms with van der Waals surface area (Å²) in [6, 6.07) is 0.715. The van der Waals surface area contributed by atoms with Crippen molar-refractivity contribution in [3.05, 3.63) is 0 Å². The minimum atomic E-state index is -0.370. The number of nitrogens with one attached hydrogen (secondary N) is 1. The molecule has 3 fully saturated rings. The van der Waals surface area contributed by atoms with E-state index in [0.717, 1.165) is 19.4 Å².